The second-order valence-electron chi connectivity index (χ2n) is 6.76. The lowest BCUT2D eigenvalue weighted by Gasteiger charge is -2.14. The number of nitrogens with one attached hydrogen (secondary N) is 1. The zero-order valence-corrected chi connectivity index (χ0v) is 16.6. The molecular formula is C20H17N7OS. The maximum Gasteiger partial charge on any atom is 0.282 e. The molecule has 0 atom stereocenters. The standard InChI is InChI=1S/C20H17N7OS/c1-12-7-15-20(28)27(14-6-4-3-5-13(14)2)16(25-26(15)8-12)9-29-19-17-18(22-10-21-17)23-11-24-19/h3-8,10-11H,9H2,1-2H3,(H,21,22,23,24). The molecule has 9 heteroatoms. The van der Waals surface area contributed by atoms with Gasteiger partial charge in [0.25, 0.3) is 5.56 Å². The molecule has 0 aliphatic carbocycles. The largest absolute Gasteiger partial charge is 0.341 e. The molecule has 5 rings (SSSR count). The van der Waals surface area contributed by atoms with Gasteiger partial charge in [0.15, 0.2) is 5.65 Å². The summed E-state index contributed by atoms with van der Waals surface area (Å²) < 4.78 is 3.36. The van der Waals surface area contributed by atoms with Crippen LogP contribution in [0.3, 0.4) is 0 Å². The highest BCUT2D eigenvalue weighted by Gasteiger charge is 2.16. The number of H-pyrrole nitrogens is 1. The molecular weight excluding hydrogens is 386 g/mol. The summed E-state index contributed by atoms with van der Waals surface area (Å²) in [7, 11) is 0. The molecule has 5 aromatic rings. The Morgan fingerprint density at radius 3 is 2.86 bits per heavy atom. The number of benzene rings is 1. The number of hydrogen-bond donors (Lipinski definition) is 1. The summed E-state index contributed by atoms with van der Waals surface area (Å²) in [6.45, 7) is 3.95. The van der Waals surface area contributed by atoms with Gasteiger partial charge in [-0.1, -0.05) is 30.0 Å². The van der Waals surface area contributed by atoms with Crippen molar-refractivity contribution in [2.75, 3.05) is 0 Å². The molecule has 0 radical (unpaired) electrons. The van der Waals surface area contributed by atoms with E-state index < -0.39 is 0 Å². The van der Waals surface area contributed by atoms with E-state index in [0.717, 1.165) is 27.4 Å². The number of aromatic amines is 1. The zero-order valence-electron chi connectivity index (χ0n) is 15.8. The highest BCUT2D eigenvalue weighted by Crippen LogP contribution is 2.26. The molecule has 1 aromatic carbocycles. The van der Waals surface area contributed by atoms with Crippen LogP contribution in [0.15, 0.2) is 59.0 Å². The fraction of sp³-hybridized carbons (Fsp3) is 0.150. The minimum absolute atomic E-state index is 0.0904. The molecule has 0 spiro atoms. The van der Waals surface area contributed by atoms with E-state index in [1.54, 1.807) is 15.4 Å². The third-order valence-electron chi connectivity index (χ3n) is 4.72. The summed E-state index contributed by atoms with van der Waals surface area (Å²) in [5.41, 5.74) is 4.68. The average molecular weight is 403 g/mol. The number of aryl methyl sites for hydroxylation is 2. The molecule has 4 heterocycles. The Balaban J connectivity index is 1.66. The Kier molecular flexibility index (Phi) is 4.17. The van der Waals surface area contributed by atoms with E-state index in [9.17, 15) is 4.79 Å². The van der Waals surface area contributed by atoms with Crippen LogP contribution in [0.1, 0.15) is 17.0 Å². The van der Waals surface area contributed by atoms with Crippen LogP contribution in [0.4, 0.5) is 0 Å². The molecule has 0 unspecified atom stereocenters. The van der Waals surface area contributed by atoms with Crippen molar-refractivity contribution in [2.24, 2.45) is 0 Å². The molecule has 0 amide bonds. The number of hydrogen-bond acceptors (Lipinski definition) is 6. The van der Waals surface area contributed by atoms with Gasteiger partial charge in [0.1, 0.15) is 28.2 Å². The Bertz CT molecular complexity index is 1420. The van der Waals surface area contributed by atoms with Gasteiger partial charge in [0, 0.05) is 6.20 Å². The van der Waals surface area contributed by atoms with Crippen molar-refractivity contribution < 1.29 is 0 Å². The van der Waals surface area contributed by atoms with Gasteiger partial charge in [-0.25, -0.2) is 19.5 Å². The Morgan fingerprint density at radius 1 is 1.14 bits per heavy atom. The summed E-state index contributed by atoms with van der Waals surface area (Å²) in [6, 6.07) is 9.68. The van der Waals surface area contributed by atoms with Crippen molar-refractivity contribution >= 4 is 28.4 Å². The third kappa shape index (κ3) is 2.99. The molecule has 144 valence electrons. The van der Waals surface area contributed by atoms with Crippen molar-refractivity contribution in [3.63, 3.8) is 0 Å². The lowest BCUT2D eigenvalue weighted by atomic mass is 10.2. The van der Waals surface area contributed by atoms with E-state index in [0.29, 0.717) is 22.7 Å². The third-order valence-corrected chi connectivity index (χ3v) is 5.71. The van der Waals surface area contributed by atoms with Crippen LogP contribution < -0.4 is 5.56 Å². The van der Waals surface area contributed by atoms with E-state index in [4.69, 9.17) is 5.10 Å². The Morgan fingerprint density at radius 2 is 2.00 bits per heavy atom. The van der Waals surface area contributed by atoms with Crippen LogP contribution in [-0.4, -0.2) is 34.1 Å². The topological polar surface area (TPSA) is 93.8 Å². The molecule has 8 nitrogen and oxygen atoms in total. The fourth-order valence-corrected chi connectivity index (χ4v) is 4.24. The normalized spacial score (nSPS) is 11.5. The number of aromatic nitrogens is 7. The van der Waals surface area contributed by atoms with Gasteiger partial charge >= 0.3 is 0 Å². The first-order valence-electron chi connectivity index (χ1n) is 9.05. The van der Waals surface area contributed by atoms with Gasteiger partial charge in [0.2, 0.25) is 0 Å². The van der Waals surface area contributed by atoms with Gasteiger partial charge in [-0.05, 0) is 37.1 Å². The second-order valence-corrected chi connectivity index (χ2v) is 7.72. The minimum atomic E-state index is -0.0904. The number of para-hydroxylation sites is 1. The quantitative estimate of drug-likeness (QED) is 0.366. The highest BCUT2D eigenvalue weighted by molar-refractivity contribution is 7.98. The summed E-state index contributed by atoms with van der Waals surface area (Å²) in [4.78, 5) is 29.1. The van der Waals surface area contributed by atoms with E-state index in [-0.39, 0.29) is 5.56 Å². The molecule has 0 saturated carbocycles. The Labute approximate surface area is 169 Å². The maximum atomic E-state index is 13.3. The lowest BCUT2D eigenvalue weighted by Crippen LogP contribution is -2.26. The second kappa shape index (κ2) is 6.85. The monoisotopic (exact) mass is 403 g/mol. The predicted molar refractivity (Wildman–Crippen MR) is 112 cm³/mol. The number of fused-ring (bicyclic) bond motifs is 2. The van der Waals surface area contributed by atoms with Crippen molar-refractivity contribution in [1.29, 1.82) is 0 Å². The lowest BCUT2D eigenvalue weighted by molar-refractivity contribution is 0.766. The molecule has 1 N–H and O–H groups in total. The van der Waals surface area contributed by atoms with Gasteiger partial charge < -0.3 is 4.98 Å². The zero-order chi connectivity index (χ0) is 20.0. The first kappa shape index (κ1) is 17.6. The first-order valence-corrected chi connectivity index (χ1v) is 10.0. The van der Waals surface area contributed by atoms with E-state index in [1.165, 1.54) is 18.1 Å². The van der Waals surface area contributed by atoms with Crippen LogP contribution in [0.2, 0.25) is 0 Å². The number of nitrogens with zero attached hydrogens (tertiary/aromatic N) is 6. The van der Waals surface area contributed by atoms with Crippen molar-refractivity contribution in [2.45, 2.75) is 24.6 Å². The average Bonchev–Trinajstić information content (AvgIpc) is 3.34. The fourth-order valence-electron chi connectivity index (χ4n) is 3.37. The molecule has 0 saturated heterocycles. The molecule has 29 heavy (non-hydrogen) atoms. The van der Waals surface area contributed by atoms with Gasteiger partial charge in [-0.15, -0.1) is 0 Å². The molecule has 0 aliphatic heterocycles. The molecule has 0 fully saturated rings. The van der Waals surface area contributed by atoms with Crippen LogP contribution in [0.25, 0.3) is 22.4 Å². The van der Waals surface area contributed by atoms with Gasteiger partial charge in [0.05, 0.1) is 17.8 Å². The van der Waals surface area contributed by atoms with Gasteiger partial charge in [-0.3, -0.25) is 9.36 Å². The van der Waals surface area contributed by atoms with Gasteiger partial charge in [-0.2, -0.15) is 5.10 Å². The summed E-state index contributed by atoms with van der Waals surface area (Å²) >= 11 is 1.49. The van der Waals surface area contributed by atoms with Crippen molar-refractivity contribution in [1.82, 2.24) is 34.1 Å². The summed E-state index contributed by atoms with van der Waals surface area (Å²) in [6.07, 6.45) is 4.95. The smallest absolute Gasteiger partial charge is 0.282 e. The Hall–Kier alpha value is -3.46. The van der Waals surface area contributed by atoms with E-state index in [2.05, 4.69) is 19.9 Å². The number of imidazole rings is 1. The summed E-state index contributed by atoms with van der Waals surface area (Å²) in [5.74, 6) is 1.10. The highest BCUT2D eigenvalue weighted by atomic mass is 32.2. The van der Waals surface area contributed by atoms with Crippen LogP contribution in [0, 0.1) is 13.8 Å². The molecule has 0 aliphatic rings. The predicted octanol–water partition coefficient (Wildman–Crippen LogP) is 3.06. The number of rotatable bonds is 4. The van der Waals surface area contributed by atoms with Crippen molar-refractivity contribution in [3.8, 4) is 5.69 Å². The maximum absolute atomic E-state index is 13.3. The molecule has 4 aromatic heterocycles. The number of thioether (sulfide) groups is 1. The first-order chi connectivity index (χ1) is 14.1. The summed E-state index contributed by atoms with van der Waals surface area (Å²) in [5, 5.41) is 5.51. The van der Waals surface area contributed by atoms with E-state index in [1.807, 2.05) is 50.4 Å². The van der Waals surface area contributed by atoms with Crippen LogP contribution in [0.5, 0.6) is 0 Å². The SMILES string of the molecule is Cc1cc2c(=O)n(-c3ccccc3C)c(CSc3ncnc4nc[nH]c34)nn2c1. The molecule has 0 bridgehead atoms. The van der Waals surface area contributed by atoms with Crippen molar-refractivity contribution in [3.05, 3.63) is 76.5 Å². The van der Waals surface area contributed by atoms with Crippen LogP contribution >= 0.6 is 11.8 Å². The van der Waals surface area contributed by atoms with Crippen LogP contribution in [-0.2, 0) is 5.75 Å². The minimum Gasteiger partial charge on any atom is -0.341 e. The van der Waals surface area contributed by atoms with E-state index >= 15 is 0 Å².